The minimum Gasteiger partial charge on any atom is -0.461 e. The first-order chi connectivity index (χ1) is 7.29. The van der Waals surface area contributed by atoms with Gasteiger partial charge in [0.1, 0.15) is 18.9 Å². The van der Waals surface area contributed by atoms with E-state index in [4.69, 9.17) is 9.68 Å². The normalized spacial score (nSPS) is 9.80. The molecule has 0 fully saturated rings. The second-order valence-electron chi connectivity index (χ2n) is 2.78. The zero-order chi connectivity index (χ0) is 10.7. The summed E-state index contributed by atoms with van der Waals surface area (Å²) in [5.41, 5.74) is 0. The Balaban J connectivity index is 2.10. The summed E-state index contributed by atoms with van der Waals surface area (Å²) >= 11 is 0. The molecule has 2 heterocycles. The van der Waals surface area contributed by atoms with Crippen molar-refractivity contribution in [2.45, 2.75) is 6.54 Å². The predicted molar refractivity (Wildman–Crippen MR) is 47.8 cm³/mol. The van der Waals surface area contributed by atoms with Gasteiger partial charge in [-0.05, 0) is 12.1 Å². The number of furan rings is 1. The molecule has 0 aliphatic heterocycles. The van der Waals surface area contributed by atoms with Crippen molar-refractivity contribution in [3.63, 3.8) is 0 Å². The van der Waals surface area contributed by atoms with E-state index in [0.717, 1.165) is 0 Å². The van der Waals surface area contributed by atoms with Crippen molar-refractivity contribution in [2.75, 3.05) is 0 Å². The topological polar surface area (TPSA) is 84.7 Å². The summed E-state index contributed by atoms with van der Waals surface area (Å²) < 4.78 is 6.22. The number of carbonyl (C=O) groups is 1. The van der Waals surface area contributed by atoms with Crippen LogP contribution in [0.3, 0.4) is 0 Å². The molecule has 0 amide bonds. The SMILES string of the molecule is N#Cc1ncn(CC(=O)c2ccco2)n1. The van der Waals surface area contributed by atoms with Gasteiger partial charge in [0.05, 0.1) is 6.26 Å². The second-order valence-corrected chi connectivity index (χ2v) is 2.78. The lowest BCUT2D eigenvalue weighted by Gasteiger charge is -1.95. The highest BCUT2D eigenvalue weighted by atomic mass is 16.3. The highest BCUT2D eigenvalue weighted by molar-refractivity contribution is 5.93. The van der Waals surface area contributed by atoms with Crippen LogP contribution in [0.15, 0.2) is 29.1 Å². The van der Waals surface area contributed by atoms with E-state index >= 15 is 0 Å². The predicted octanol–water partition coefficient (Wildman–Crippen LogP) is 0.626. The largest absolute Gasteiger partial charge is 0.461 e. The molecule has 0 N–H and O–H groups in total. The van der Waals surface area contributed by atoms with Gasteiger partial charge in [0.15, 0.2) is 5.76 Å². The summed E-state index contributed by atoms with van der Waals surface area (Å²) in [6.45, 7) is 0.0161. The Bertz CT molecular complexity index is 506. The molecule has 15 heavy (non-hydrogen) atoms. The molecule has 2 rings (SSSR count). The van der Waals surface area contributed by atoms with Crippen molar-refractivity contribution >= 4 is 5.78 Å². The Labute approximate surface area is 84.8 Å². The zero-order valence-electron chi connectivity index (χ0n) is 7.62. The van der Waals surface area contributed by atoms with Crippen molar-refractivity contribution in [1.82, 2.24) is 14.8 Å². The summed E-state index contributed by atoms with van der Waals surface area (Å²) in [6, 6.07) is 4.99. The maximum atomic E-state index is 11.5. The van der Waals surface area contributed by atoms with Gasteiger partial charge in [0, 0.05) is 0 Å². The number of Topliss-reactive ketones (excluding diaryl/α,β-unsaturated/α-hetero) is 1. The number of nitrogens with zero attached hydrogens (tertiary/aromatic N) is 4. The average Bonchev–Trinajstić information content (AvgIpc) is 2.87. The fourth-order valence-electron chi connectivity index (χ4n) is 1.08. The Morgan fingerprint density at radius 3 is 3.13 bits per heavy atom. The van der Waals surface area contributed by atoms with E-state index in [1.165, 1.54) is 17.3 Å². The number of nitriles is 1. The lowest BCUT2D eigenvalue weighted by molar-refractivity contribution is 0.0940. The first-order valence-electron chi connectivity index (χ1n) is 4.16. The summed E-state index contributed by atoms with van der Waals surface area (Å²) in [7, 11) is 0. The third-order valence-corrected chi connectivity index (χ3v) is 1.74. The van der Waals surface area contributed by atoms with Crippen LogP contribution < -0.4 is 0 Å². The van der Waals surface area contributed by atoms with Crippen LogP contribution in [0.25, 0.3) is 0 Å². The van der Waals surface area contributed by atoms with Crippen LogP contribution in [0, 0.1) is 11.3 Å². The first-order valence-corrected chi connectivity index (χ1v) is 4.16. The van der Waals surface area contributed by atoms with Crippen LogP contribution in [0.2, 0.25) is 0 Å². The first kappa shape index (κ1) is 9.15. The van der Waals surface area contributed by atoms with Crippen LogP contribution in [0.5, 0.6) is 0 Å². The third-order valence-electron chi connectivity index (χ3n) is 1.74. The van der Waals surface area contributed by atoms with Crippen LogP contribution in [0.4, 0.5) is 0 Å². The van der Waals surface area contributed by atoms with Crippen molar-refractivity contribution in [3.05, 3.63) is 36.3 Å². The summed E-state index contributed by atoms with van der Waals surface area (Å²) in [5, 5.41) is 12.2. The van der Waals surface area contributed by atoms with E-state index in [9.17, 15) is 4.79 Å². The zero-order valence-corrected chi connectivity index (χ0v) is 7.62. The standard InChI is InChI=1S/C9H6N4O2/c10-4-9-11-6-13(12-9)5-7(14)8-2-1-3-15-8/h1-3,6H,5H2. The lowest BCUT2D eigenvalue weighted by atomic mass is 10.3. The van der Waals surface area contributed by atoms with Gasteiger partial charge in [-0.3, -0.25) is 4.79 Å². The number of hydrogen-bond acceptors (Lipinski definition) is 5. The number of carbonyl (C=O) groups excluding carboxylic acids is 1. The Morgan fingerprint density at radius 1 is 1.67 bits per heavy atom. The average molecular weight is 202 g/mol. The Morgan fingerprint density at radius 2 is 2.53 bits per heavy atom. The van der Waals surface area contributed by atoms with Crippen LogP contribution in [0.1, 0.15) is 16.4 Å². The van der Waals surface area contributed by atoms with E-state index in [1.54, 1.807) is 18.2 Å². The molecule has 2 aromatic heterocycles. The highest BCUT2D eigenvalue weighted by Crippen LogP contribution is 2.02. The molecular weight excluding hydrogens is 196 g/mol. The van der Waals surface area contributed by atoms with Gasteiger partial charge in [-0.25, -0.2) is 9.67 Å². The molecule has 0 saturated carbocycles. The highest BCUT2D eigenvalue weighted by Gasteiger charge is 2.10. The Kier molecular flexibility index (Phi) is 2.29. The summed E-state index contributed by atoms with van der Waals surface area (Å²) in [4.78, 5) is 15.2. The summed E-state index contributed by atoms with van der Waals surface area (Å²) in [5.74, 6) is 0.0978. The van der Waals surface area contributed by atoms with Crippen LogP contribution in [-0.2, 0) is 6.54 Å². The molecule has 0 aliphatic rings. The van der Waals surface area contributed by atoms with E-state index in [0.29, 0.717) is 0 Å². The van der Waals surface area contributed by atoms with Crippen molar-refractivity contribution < 1.29 is 9.21 Å². The van der Waals surface area contributed by atoms with Gasteiger partial charge in [-0.15, -0.1) is 5.10 Å². The fourth-order valence-corrected chi connectivity index (χ4v) is 1.08. The molecule has 0 unspecified atom stereocenters. The molecular formula is C9H6N4O2. The molecule has 0 aromatic carbocycles. The second kappa shape index (κ2) is 3.75. The van der Waals surface area contributed by atoms with Gasteiger partial charge in [0.25, 0.3) is 5.82 Å². The summed E-state index contributed by atoms with van der Waals surface area (Å²) in [6.07, 6.45) is 2.76. The van der Waals surface area contributed by atoms with Crippen molar-refractivity contribution in [2.24, 2.45) is 0 Å². The molecule has 6 heteroatoms. The number of ketones is 1. The quantitative estimate of drug-likeness (QED) is 0.681. The van der Waals surface area contributed by atoms with E-state index < -0.39 is 0 Å². The monoisotopic (exact) mass is 202 g/mol. The van der Waals surface area contributed by atoms with E-state index in [1.807, 2.05) is 0 Å². The van der Waals surface area contributed by atoms with Crippen LogP contribution >= 0.6 is 0 Å². The molecule has 0 saturated heterocycles. The molecule has 6 nitrogen and oxygen atoms in total. The molecule has 74 valence electrons. The maximum absolute atomic E-state index is 11.5. The van der Waals surface area contributed by atoms with Gasteiger partial charge in [0.2, 0.25) is 5.78 Å². The van der Waals surface area contributed by atoms with Crippen LogP contribution in [-0.4, -0.2) is 20.5 Å². The minimum atomic E-state index is -0.214. The number of rotatable bonds is 3. The lowest BCUT2D eigenvalue weighted by Crippen LogP contribution is -2.10. The van der Waals surface area contributed by atoms with E-state index in [-0.39, 0.29) is 23.9 Å². The van der Waals surface area contributed by atoms with E-state index in [2.05, 4.69) is 10.1 Å². The molecule has 2 aromatic rings. The minimum absolute atomic E-state index is 0.0161. The van der Waals surface area contributed by atoms with Crippen molar-refractivity contribution in [1.29, 1.82) is 5.26 Å². The third kappa shape index (κ3) is 1.91. The van der Waals surface area contributed by atoms with Gasteiger partial charge >= 0.3 is 0 Å². The molecule has 0 atom stereocenters. The van der Waals surface area contributed by atoms with Gasteiger partial charge < -0.3 is 4.42 Å². The maximum Gasteiger partial charge on any atom is 0.252 e. The molecule has 0 radical (unpaired) electrons. The van der Waals surface area contributed by atoms with Gasteiger partial charge in [-0.1, -0.05) is 0 Å². The number of hydrogen-bond donors (Lipinski definition) is 0. The van der Waals surface area contributed by atoms with Crippen molar-refractivity contribution in [3.8, 4) is 6.07 Å². The fraction of sp³-hybridized carbons (Fsp3) is 0.111. The number of aromatic nitrogens is 3. The molecule has 0 aliphatic carbocycles. The molecule has 0 bridgehead atoms. The molecule has 0 spiro atoms. The van der Waals surface area contributed by atoms with Gasteiger partial charge in [-0.2, -0.15) is 5.26 Å². The Hall–Kier alpha value is -2.42. The smallest absolute Gasteiger partial charge is 0.252 e.